The standard InChI is InChI=1S/C16H24ClNO3/c1-16(2)9-13(6-7-21-16)18-10-14(19)11-20-15-5-3-4-12(17)8-15/h3-5,8,13-14,18-19H,6-7,9-11H2,1-2H3. The molecule has 0 spiro atoms. The van der Waals surface area contributed by atoms with Gasteiger partial charge in [0.15, 0.2) is 0 Å². The summed E-state index contributed by atoms with van der Waals surface area (Å²) in [6, 6.07) is 7.57. The van der Waals surface area contributed by atoms with Gasteiger partial charge in [-0.05, 0) is 44.9 Å². The Hall–Kier alpha value is -0.810. The molecule has 1 fully saturated rings. The van der Waals surface area contributed by atoms with Crippen LogP contribution in [0.5, 0.6) is 5.75 Å². The van der Waals surface area contributed by atoms with Crippen molar-refractivity contribution < 1.29 is 14.6 Å². The fraction of sp³-hybridized carbons (Fsp3) is 0.625. The molecule has 0 amide bonds. The maximum absolute atomic E-state index is 9.99. The predicted octanol–water partition coefficient (Wildman–Crippen LogP) is 2.63. The molecule has 2 atom stereocenters. The summed E-state index contributed by atoms with van der Waals surface area (Å²) in [6.45, 7) is 5.72. The quantitative estimate of drug-likeness (QED) is 0.847. The van der Waals surface area contributed by atoms with Gasteiger partial charge in [0, 0.05) is 24.2 Å². The first kappa shape index (κ1) is 16.6. The summed E-state index contributed by atoms with van der Waals surface area (Å²) in [5.74, 6) is 0.675. The van der Waals surface area contributed by atoms with Crippen molar-refractivity contribution in [2.45, 2.75) is 44.4 Å². The molecular formula is C16H24ClNO3. The van der Waals surface area contributed by atoms with Crippen LogP contribution in [0.2, 0.25) is 5.02 Å². The smallest absolute Gasteiger partial charge is 0.120 e. The van der Waals surface area contributed by atoms with Crippen LogP contribution < -0.4 is 10.1 Å². The van der Waals surface area contributed by atoms with E-state index in [0.29, 0.717) is 23.4 Å². The number of rotatable bonds is 6. The minimum absolute atomic E-state index is 0.0852. The molecule has 0 bridgehead atoms. The number of hydrogen-bond donors (Lipinski definition) is 2. The van der Waals surface area contributed by atoms with E-state index in [1.165, 1.54) is 0 Å². The zero-order chi connectivity index (χ0) is 15.3. The third-order valence-corrected chi connectivity index (χ3v) is 3.81. The third kappa shape index (κ3) is 5.83. The number of nitrogens with one attached hydrogen (secondary N) is 1. The molecule has 0 radical (unpaired) electrons. The molecule has 21 heavy (non-hydrogen) atoms. The fourth-order valence-electron chi connectivity index (χ4n) is 2.52. The van der Waals surface area contributed by atoms with E-state index >= 15 is 0 Å². The molecule has 1 aliphatic heterocycles. The summed E-state index contributed by atoms with van der Waals surface area (Å²) < 4.78 is 11.2. The molecule has 5 heteroatoms. The molecule has 1 heterocycles. The van der Waals surface area contributed by atoms with Crippen LogP contribution in [-0.4, -0.2) is 42.6 Å². The largest absolute Gasteiger partial charge is 0.491 e. The van der Waals surface area contributed by atoms with Crippen LogP contribution in [0.4, 0.5) is 0 Å². The maximum Gasteiger partial charge on any atom is 0.120 e. The summed E-state index contributed by atoms with van der Waals surface area (Å²) in [5.41, 5.74) is -0.0852. The number of aliphatic hydroxyl groups excluding tert-OH is 1. The second-order valence-electron chi connectivity index (χ2n) is 6.13. The van der Waals surface area contributed by atoms with Crippen LogP contribution in [0.25, 0.3) is 0 Å². The summed E-state index contributed by atoms with van der Waals surface area (Å²) in [4.78, 5) is 0. The van der Waals surface area contributed by atoms with E-state index < -0.39 is 6.10 Å². The molecule has 2 N–H and O–H groups in total. The highest BCUT2D eigenvalue weighted by molar-refractivity contribution is 6.30. The Balaban J connectivity index is 1.69. The van der Waals surface area contributed by atoms with Crippen molar-refractivity contribution in [3.05, 3.63) is 29.3 Å². The lowest BCUT2D eigenvalue weighted by Crippen LogP contribution is -2.46. The van der Waals surface area contributed by atoms with Gasteiger partial charge in [0.25, 0.3) is 0 Å². The lowest BCUT2D eigenvalue weighted by Gasteiger charge is -2.36. The predicted molar refractivity (Wildman–Crippen MR) is 84.0 cm³/mol. The summed E-state index contributed by atoms with van der Waals surface area (Å²) in [5, 5.41) is 14.0. The average molecular weight is 314 g/mol. The summed E-state index contributed by atoms with van der Waals surface area (Å²) >= 11 is 5.88. The number of halogens is 1. The van der Waals surface area contributed by atoms with Gasteiger partial charge in [0.1, 0.15) is 18.5 Å². The van der Waals surface area contributed by atoms with Gasteiger partial charge in [-0.25, -0.2) is 0 Å². The van der Waals surface area contributed by atoms with E-state index in [1.54, 1.807) is 12.1 Å². The first-order chi connectivity index (χ1) is 9.94. The van der Waals surface area contributed by atoms with E-state index in [2.05, 4.69) is 19.2 Å². The monoisotopic (exact) mass is 313 g/mol. The average Bonchev–Trinajstić information content (AvgIpc) is 2.42. The first-order valence-corrected chi connectivity index (χ1v) is 7.76. The molecule has 4 nitrogen and oxygen atoms in total. The van der Waals surface area contributed by atoms with Crippen LogP contribution in [0, 0.1) is 0 Å². The van der Waals surface area contributed by atoms with Crippen molar-refractivity contribution in [2.75, 3.05) is 19.8 Å². The topological polar surface area (TPSA) is 50.7 Å². The van der Waals surface area contributed by atoms with Gasteiger partial charge >= 0.3 is 0 Å². The molecule has 1 aliphatic rings. The fourth-order valence-corrected chi connectivity index (χ4v) is 2.70. The lowest BCUT2D eigenvalue weighted by molar-refractivity contribution is -0.0641. The molecular weight excluding hydrogens is 290 g/mol. The molecule has 118 valence electrons. The van der Waals surface area contributed by atoms with Gasteiger partial charge < -0.3 is 19.9 Å². The lowest BCUT2D eigenvalue weighted by atomic mass is 9.94. The minimum Gasteiger partial charge on any atom is -0.491 e. The number of ether oxygens (including phenoxy) is 2. The molecule has 0 aromatic heterocycles. The molecule has 0 aliphatic carbocycles. The normalized spacial score (nSPS) is 22.8. The molecule has 2 unspecified atom stereocenters. The Bertz CT molecular complexity index is 453. The highest BCUT2D eigenvalue weighted by atomic mass is 35.5. The van der Waals surface area contributed by atoms with Crippen LogP contribution in [-0.2, 0) is 4.74 Å². The van der Waals surface area contributed by atoms with E-state index in [1.807, 2.05) is 12.1 Å². The molecule has 1 aromatic carbocycles. The maximum atomic E-state index is 9.99. The zero-order valence-corrected chi connectivity index (χ0v) is 13.4. The van der Waals surface area contributed by atoms with Crippen molar-refractivity contribution in [1.82, 2.24) is 5.32 Å². The zero-order valence-electron chi connectivity index (χ0n) is 12.6. The second kappa shape index (κ2) is 7.45. The van der Waals surface area contributed by atoms with Gasteiger partial charge in [0.05, 0.1) is 5.60 Å². The van der Waals surface area contributed by atoms with Crippen LogP contribution in [0.1, 0.15) is 26.7 Å². The number of benzene rings is 1. The van der Waals surface area contributed by atoms with Gasteiger partial charge in [-0.1, -0.05) is 17.7 Å². The molecule has 1 aromatic rings. The van der Waals surface area contributed by atoms with Crippen molar-refractivity contribution in [3.8, 4) is 5.75 Å². The van der Waals surface area contributed by atoms with Gasteiger partial charge in [-0.3, -0.25) is 0 Å². The van der Waals surface area contributed by atoms with Crippen LogP contribution in [0.3, 0.4) is 0 Å². The summed E-state index contributed by atoms with van der Waals surface area (Å²) in [6.07, 6.45) is 1.38. The SMILES string of the molecule is CC1(C)CC(NCC(O)COc2cccc(Cl)c2)CCO1. The molecule has 0 saturated carbocycles. The van der Waals surface area contributed by atoms with Crippen molar-refractivity contribution >= 4 is 11.6 Å². The van der Waals surface area contributed by atoms with E-state index in [0.717, 1.165) is 19.4 Å². The highest BCUT2D eigenvalue weighted by Crippen LogP contribution is 2.23. The minimum atomic E-state index is -0.546. The van der Waals surface area contributed by atoms with Crippen molar-refractivity contribution in [2.24, 2.45) is 0 Å². The Labute approximate surface area is 131 Å². The third-order valence-electron chi connectivity index (χ3n) is 3.58. The molecule has 2 rings (SSSR count). The van der Waals surface area contributed by atoms with Crippen molar-refractivity contribution in [1.29, 1.82) is 0 Å². The van der Waals surface area contributed by atoms with E-state index in [4.69, 9.17) is 21.1 Å². The molecule has 1 saturated heterocycles. The number of aliphatic hydroxyl groups is 1. The second-order valence-corrected chi connectivity index (χ2v) is 6.56. The van der Waals surface area contributed by atoms with Crippen LogP contribution >= 0.6 is 11.6 Å². The van der Waals surface area contributed by atoms with Gasteiger partial charge in [0.2, 0.25) is 0 Å². The Morgan fingerprint density at radius 1 is 1.52 bits per heavy atom. The van der Waals surface area contributed by atoms with Crippen molar-refractivity contribution in [3.63, 3.8) is 0 Å². The Morgan fingerprint density at radius 2 is 2.33 bits per heavy atom. The Morgan fingerprint density at radius 3 is 3.05 bits per heavy atom. The van der Waals surface area contributed by atoms with Gasteiger partial charge in [-0.15, -0.1) is 0 Å². The van der Waals surface area contributed by atoms with Crippen LogP contribution in [0.15, 0.2) is 24.3 Å². The highest BCUT2D eigenvalue weighted by Gasteiger charge is 2.28. The first-order valence-electron chi connectivity index (χ1n) is 7.38. The van der Waals surface area contributed by atoms with E-state index in [9.17, 15) is 5.11 Å². The summed E-state index contributed by atoms with van der Waals surface area (Å²) in [7, 11) is 0. The number of hydrogen-bond acceptors (Lipinski definition) is 4. The van der Waals surface area contributed by atoms with E-state index in [-0.39, 0.29) is 12.2 Å². The van der Waals surface area contributed by atoms with Gasteiger partial charge in [-0.2, -0.15) is 0 Å². The Kier molecular flexibility index (Phi) is 5.88.